The van der Waals surface area contributed by atoms with Crippen molar-refractivity contribution in [3.05, 3.63) is 53.6 Å². The van der Waals surface area contributed by atoms with Gasteiger partial charge in [-0.05, 0) is 42.8 Å². The van der Waals surface area contributed by atoms with E-state index in [9.17, 15) is 17.2 Å². The summed E-state index contributed by atoms with van der Waals surface area (Å²) >= 11 is 0. The van der Waals surface area contributed by atoms with Crippen molar-refractivity contribution < 1.29 is 21.9 Å². The van der Waals surface area contributed by atoms with Gasteiger partial charge in [-0.25, -0.2) is 17.2 Å². The lowest BCUT2D eigenvalue weighted by molar-refractivity contribution is 0.386. The monoisotopic (exact) mass is 313 g/mol. The summed E-state index contributed by atoms with van der Waals surface area (Å²) < 4.78 is 58.0. The lowest BCUT2D eigenvalue weighted by atomic mass is 10.2. The Kier molecular flexibility index (Phi) is 4.13. The van der Waals surface area contributed by atoms with Gasteiger partial charge in [0.05, 0.1) is 17.7 Å². The smallest absolute Gasteiger partial charge is 0.261 e. The number of halogens is 2. The maximum atomic E-state index is 13.5. The van der Waals surface area contributed by atoms with E-state index in [1.54, 1.807) is 0 Å². The van der Waals surface area contributed by atoms with Gasteiger partial charge in [-0.3, -0.25) is 4.72 Å². The maximum absolute atomic E-state index is 13.5. The Labute approximate surface area is 121 Å². The molecule has 0 aliphatic rings. The predicted molar refractivity (Wildman–Crippen MR) is 74.9 cm³/mol. The van der Waals surface area contributed by atoms with Crippen LogP contribution in [0.25, 0.3) is 0 Å². The zero-order valence-electron chi connectivity index (χ0n) is 11.4. The molecule has 2 rings (SSSR count). The van der Waals surface area contributed by atoms with Crippen LogP contribution in [0, 0.1) is 18.6 Å². The number of hydrogen-bond acceptors (Lipinski definition) is 3. The van der Waals surface area contributed by atoms with E-state index in [0.29, 0.717) is 0 Å². The first-order chi connectivity index (χ1) is 9.83. The largest absolute Gasteiger partial charge is 0.494 e. The molecule has 0 aliphatic carbocycles. The summed E-state index contributed by atoms with van der Waals surface area (Å²) in [6.07, 6.45) is 0. The molecule has 0 atom stereocenters. The zero-order chi connectivity index (χ0) is 15.6. The minimum atomic E-state index is -3.91. The van der Waals surface area contributed by atoms with Crippen LogP contribution >= 0.6 is 0 Å². The Balaban J connectivity index is 2.32. The molecular weight excluding hydrogens is 300 g/mol. The predicted octanol–water partition coefficient (Wildman–Crippen LogP) is 3.08. The molecule has 0 heterocycles. The third kappa shape index (κ3) is 3.30. The van der Waals surface area contributed by atoms with Crippen LogP contribution in [0.15, 0.2) is 41.3 Å². The van der Waals surface area contributed by atoms with Crippen molar-refractivity contribution >= 4 is 15.7 Å². The molecule has 0 bridgehead atoms. The average Bonchev–Trinajstić information content (AvgIpc) is 2.41. The number of aryl methyl sites for hydroxylation is 1. The summed E-state index contributed by atoms with van der Waals surface area (Å²) in [4.78, 5) is -0.0994. The Morgan fingerprint density at radius 3 is 2.33 bits per heavy atom. The van der Waals surface area contributed by atoms with Crippen molar-refractivity contribution in [2.45, 2.75) is 11.8 Å². The summed E-state index contributed by atoms with van der Waals surface area (Å²) in [6, 6.07) is 7.10. The van der Waals surface area contributed by atoms with Gasteiger partial charge < -0.3 is 4.74 Å². The highest BCUT2D eigenvalue weighted by Gasteiger charge is 2.16. The minimum Gasteiger partial charge on any atom is -0.494 e. The van der Waals surface area contributed by atoms with Gasteiger partial charge in [-0.2, -0.15) is 0 Å². The first kappa shape index (κ1) is 15.2. The molecule has 2 aromatic rings. The molecule has 21 heavy (non-hydrogen) atoms. The van der Waals surface area contributed by atoms with Gasteiger partial charge in [-0.15, -0.1) is 0 Å². The fourth-order valence-corrected chi connectivity index (χ4v) is 2.86. The number of rotatable bonds is 4. The molecule has 4 nitrogen and oxygen atoms in total. The fraction of sp³-hybridized carbons (Fsp3) is 0.143. The van der Waals surface area contributed by atoms with E-state index in [2.05, 4.69) is 4.72 Å². The number of benzene rings is 2. The molecule has 0 saturated heterocycles. The van der Waals surface area contributed by atoms with Crippen LogP contribution in [0.4, 0.5) is 14.5 Å². The van der Waals surface area contributed by atoms with E-state index in [4.69, 9.17) is 4.74 Å². The van der Waals surface area contributed by atoms with Gasteiger partial charge in [0.1, 0.15) is 5.82 Å². The van der Waals surface area contributed by atoms with Crippen molar-refractivity contribution in [3.63, 3.8) is 0 Å². The van der Waals surface area contributed by atoms with Gasteiger partial charge in [0.25, 0.3) is 10.0 Å². The Morgan fingerprint density at radius 2 is 1.76 bits per heavy atom. The quantitative estimate of drug-likeness (QED) is 0.944. The second kappa shape index (κ2) is 5.69. The van der Waals surface area contributed by atoms with Crippen LogP contribution in [-0.4, -0.2) is 15.5 Å². The van der Waals surface area contributed by atoms with Crippen LogP contribution < -0.4 is 9.46 Å². The van der Waals surface area contributed by atoms with Crippen LogP contribution in [-0.2, 0) is 10.0 Å². The van der Waals surface area contributed by atoms with E-state index in [-0.39, 0.29) is 21.9 Å². The van der Waals surface area contributed by atoms with Crippen molar-refractivity contribution in [2.75, 3.05) is 11.8 Å². The van der Waals surface area contributed by atoms with E-state index >= 15 is 0 Å². The van der Waals surface area contributed by atoms with E-state index in [1.807, 2.05) is 0 Å². The summed E-state index contributed by atoms with van der Waals surface area (Å²) in [5.74, 6) is -1.17. The number of sulfonamides is 1. The summed E-state index contributed by atoms with van der Waals surface area (Å²) in [5.41, 5.74) is 0.258. The molecule has 0 spiro atoms. The molecule has 0 aliphatic heterocycles. The number of methoxy groups -OCH3 is 1. The van der Waals surface area contributed by atoms with Crippen molar-refractivity contribution in [2.24, 2.45) is 0 Å². The summed E-state index contributed by atoms with van der Waals surface area (Å²) in [6.45, 7) is 1.46. The Bertz CT molecular complexity index is 776. The second-order valence-electron chi connectivity index (χ2n) is 4.37. The molecule has 0 fully saturated rings. The Hall–Kier alpha value is -2.15. The molecule has 7 heteroatoms. The number of nitrogens with one attached hydrogen (secondary N) is 1. The number of hydrogen-bond donors (Lipinski definition) is 1. The molecule has 0 aromatic heterocycles. The van der Waals surface area contributed by atoms with Crippen LogP contribution in [0.5, 0.6) is 5.75 Å². The molecular formula is C14H13F2NO3S. The molecule has 0 saturated carbocycles. The lowest BCUT2D eigenvalue weighted by Gasteiger charge is -2.10. The van der Waals surface area contributed by atoms with Crippen molar-refractivity contribution in [1.29, 1.82) is 0 Å². The molecule has 0 unspecified atom stereocenters. The lowest BCUT2D eigenvalue weighted by Crippen LogP contribution is -2.13. The van der Waals surface area contributed by atoms with E-state index in [1.165, 1.54) is 32.2 Å². The normalized spacial score (nSPS) is 11.2. The summed E-state index contributed by atoms with van der Waals surface area (Å²) in [5, 5.41) is 0. The van der Waals surface area contributed by atoms with Gasteiger partial charge in [0, 0.05) is 6.07 Å². The highest BCUT2D eigenvalue weighted by molar-refractivity contribution is 7.92. The topological polar surface area (TPSA) is 55.4 Å². The highest BCUT2D eigenvalue weighted by atomic mass is 32.2. The molecule has 0 radical (unpaired) electrons. The van der Waals surface area contributed by atoms with Crippen LogP contribution in [0.3, 0.4) is 0 Å². The molecule has 2 aromatic carbocycles. The Morgan fingerprint density at radius 1 is 1.05 bits per heavy atom. The van der Waals surface area contributed by atoms with Crippen molar-refractivity contribution in [1.82, 2.24) is 0 Å². The van der Waals surface area contributed by atoms with Crippen molar-refractivity contribution in [3.8, 4) is 5.75 Å². The molecule has 1 N–H and O–H groups in total. The van der Waals surface area contributed by atoms with Crippen LogP contribution in [0.1, 0.15) is 5.56 Å². The first-order valence-electron chi connectivity index (χ1n) is 5.96. The maximum Gasteiger partial charge on any atom is 0.261 e. The van der Waals surface area contributed by atoms with E-state index < -0.39 is 21.7 Å². The van der Waals surface area contributed by atoms with Crippen LogP contribution in [0.2, 0.25) is 0 Å². The fourth-order valence-electron chi connectivity index (χ4n) is 1.73. The molecule has 112 valence electrons. The highest BCUT2D eigenvalue weighted by Crippen LogP contribution is 2.23. The minimum absolute atomic E-state index is 0.00979. The third-order valence-corrected chi connectivity index (χ3v) is 4.22. The van der Waals surface area contributed by atoms with Gasteiger partial charge in [0.2, 0.25) is 0 Å². The SMILES string of the molecule is COc1ccc(NS(=O)(=O)c2ccc(F)c(C)c2)cc1F. The zero-order valence-corrected chi connectivity index (χ0v) is 12.2. The van der Waals surface area contributed by atoms with Gasteiger partial charge >= 0.3 is 0 Å². The second-order valence-corrected chi connectivity index (χ2v) is 6.05. The van der Waals surface area contributed by atoms with Gasteiger partial charge in [0.15, 0.2) is 11.6 Å². The average molecular weight is 313 g/mol. The summed E-state index contributed by atoms with van der Waals surface area (Å²) in [7, 11) is -2.60. The van der Waals surface area contributed by atoms with Gasteiger partial charge in [-0.1, -0.05) is 0 Å². The number of anilines is 1. The molecule has 0 amide bonds. The first-order valence-corrected chi connectivity index (χ1v) is 7.44. The standard InChI is InChI=1S/C14H13F2NO3S/c1-9-7-11(4-5-12(9)15)21(18,19)17-10-3-6-14(20-2)13(16)8-10/h3-8,17H,1-2H3. The van der Waals surface area contributed by atoms with E-state index in [0.717, 1.165) is 18.2 Å². The number of ether oxygens (including phenoxy) is 1. The third-order valence-electron chi connectivity index (χ3n) is 2.84.